The highest BCUT2D eigenvalue weighted by Crippen LogP contribution is 2.09. The fraction of sp³-hybridized carbons (Fsp3) is 0.190. The molecule has 0 aliphatic heterocycles. The topological polar surface area (TPSA) is 72.5 Å². The summed E-state index contributed by atoms with van der Waals surface area (Å²) in [5.41, 5.74) is 1.08. The van der Waals surface area contributed by atoms with Crippen LogP contribution in [0.3, 0.4) is 0 Å². The molecular formula is C21H20FNO4. The molecule has 0 saturated carbocycles. The molecule has 2 rings (SSSR count). The van der Waals surface area contributed by atoms with E-state index in [0.29, 0.717) is 0 Å². The molecule has 140 valence electrons. The molecule has 2 aromatic rings. The van der Waals surface area contributed by atoms with Gasteiger partial charge < -0.3 is 10.1 Å². The van der Waals surface area contributed by atoms with Crippen molar-refractivity contribution in [3.8, 4) is 0 Å². The lowest BCUT2D eigenvalue weighted by molar-refractivity contribution is -0.149. The quantitative estimate of drug-likeness (QED) is 0.462. The van der Waals surface area contributed by atoms with Crippen molar-refractivity contribution in [3.05, 3.63) is 77.6 Å². The molecule has 0 unspecified atom stereocenters. The minimum Gasteiger partial charge on any atom is -0.453 e. The van der Waals surface area contributed by atoms with E-state index in [0.717, 1.165) is 17.7 Å². The van der Waals surface area contributed by atoms with Crippen molar-refractivity contribution < 1.29 is 23.5 Å². The van der Waals surface area contributed by atoms with Crippen LogP contribution in [0.2, 0.25) is 0 Å². The van der Waals surface area contributed by atoms with Gasteiger partial charge in [0.2, 0.25) is 11.7 Å². The van der Waals surface area contributed by atoms with Crippen LogP contribution < -0.4 is 5.32 Å². The Balaban J connectivity index is 1.87. The average Bonchev–Trinajstić information content (AvgIpc) is 2.67. The lowest BCUT2D eigenvalue weighted by Gasteiger charge is -2.16. The number of hydrogen-bond donors (Lipinski definition) is 1. The second-order valence-electron chi connectivity index (χ2n) is 5.92. The van der Waals surface area contributed by atoms with Gasteiger partial charge in [-0.15, -0.1) is 0 Å². The average molecular weight is 369 g/mol. The normalized spacial score (nSPS) is 13.0. The van der Waals surface area contributed by atoms with E-state index >= 15 is 0 Å². The molecule has 2 atom stereocenters. The van der Waals surface area contributed by atoms with Crippen molar-refractivity contribution in [2.24, 2.45) is 0 Å². The maximum atomic E-state index is 12.9. The van der Waals surface area contributed by atoms with Crippen LogP contribution in [0.4, 0.5) is 4.39 Å². The molecular weight excluding hydrogens is 349 g/mol. The predicted octanol–water partition coefficient (Wildman–Crippen LogP) is 3.16. The molecule has 1 amide bonds. The summed E-state index contributed by atoms with van der Waals surface area (Å²) in [5, 5.41) is 2.48. The minimum atomic E-state index is -1.05. The highest BCUT2D eigenvalue weighted by atomic mass is 19.1. The van der Waals surface area contributed by atoms with E-state index in [-0.39, 0.29) is 5.56 Å². The molecule has 0 radical (unpaired) electrons. The Morgan fingerprint density at radius 1 is 1.00 bits per heavy atom. The summed E-state index contributed by atoms with van der Waals surface area (Å²) in [6.07, 6.45) is 1.88. The SMILES string of the molecule is C[C@H](NC(=O)/C=C/c1ccccc1)C(=O)O[C@@H](C)C(=O)c1ccc(F)cc1. The van der Waals surface area contributed by atoms with Gasteiger partial charge in [0.05, 0.1) is 0 Å². The Kier molecular flexibility index (Phi) is 7.00. The third-order valence-electron chi connectivity index (χ3n) is 3.73. The summed E-state index contributed by atoms with van der Waals surface area (Å²) >= 11 is 0. The summed E-state index contributed by atoms with van der Waals surface area (Å²) in [7, 11) is 0. The molecule has 6 heteroatoms. The zero-order valence-electron chi connectivity index (χ0n) is 15.0. The number of hydrogen-bond acceptors (Lipinski definition) is 4. The number of rotatable bonds is 7. The highest BCUT2D eigenvalue weighted by molar-refractivity contribution is 6.00. The summed E-state index contributed by atoms with van der Waals surface area (Å²) in [5.74, 6) is -2.11. The van der Waals surface area contributed by atoms with Crippen LogP contribution in [0, 0.1) is 5.82 Å². The third-order valence-corrected chi connectivity index (χ3v) is 3.73. The van der Waals surface area contributed by atoms with Crippen LogP contribution >= 0.6 is 0 Å². The molecule has 2 aromatic carbocycles. The lowest BCUT2D eigenvalue weighted by Crippen LogP contribution is -2.41. The molecule has 1 N–H and O–H groups in total. The first-order valence-electron chi connectivity index (χ1n) is 8.40. The predicted molar refractivity (Wildman–Crippen MR) is 99.4 cm³/mol. The van der Waals surface area contributed by atoms with Crippen molar-refractivity contribution in [2.45, 2.75) is 26.0 Å². The number of Topliss-reactive ketones (excluding diaryl/α,β-unsaturated/α-hetero) is 1. The van der Waals surface area contributed by atoms with E-state index in [1.54, 1.807) is 6.08 Å². The smallest absolute Gasteiger partial charge is 0.329 e. The van der Waals surface area contributed by atoms with Gasteiger partial charge in [0.15, 0.2) is 6.10 Å². The van der Waals surface area contributed by atoms with Crippen LogP contribution in [-0.2, 0) is 14.3 Å². The van der Waals surface area contributed by atoms with Crippen LogP contribution in [-0.4, -0.2) is 29.8 Å². The zero-order valence-corrected chi connectivity index (χ0v) is 15.0. The van der Waals surface area contributed by atoms with E-state index in [2.05, 4.69) is 5.32 Å². The molecule has 0 aliphatic carbocycles. The molecule has 0 aromatic heterocycles. The summed E-state index contributed by atoms with van der Waals surface area (Å²) in [6.45, 7) is 2.89. The van der Waals surface area contributed by atoms with Gasteiger partial charge in [-0.25, -0.2) is 9.18 Å². The Hall–Kier alpha value is -3.28. The van der Waals surface area contributed by atoms with Crippen molar-refractivity contribution >= 4 is 23.7 Å². The van der Waals surface area contributed by atoms with Gasteiger partial charge >= 0.3 is 5.97 Å². The third kappa shape index (κ3) is 6.18. The number of amides is 1. The Morgan fingerprint density at radius 2 is 1.63 bits per heavy atom. The van der Waals surface area contributed by atoms with Gasteiger partial charge in [-0.05, 0) is 49.8 Å². The lowest BCUT2D eigenvalue weighted by atomic mass is 10.1. The number of esters is 1. The van der Waals surface area contributed by atoms with E-state index in [1.807, 2.05) is 30.3 Å². The summed E-state index contributed by atoms with van der Waals surface area (Å²) < 4.78 is 18.0. The fourth-order valence-corrected chi connectivity index (χ4v) is 2.24. The largest absolute Gasteiger partial charge is 0.453 e. The van der Waals surface area contributed by atoms with Crippen molar-refractivity contribution in [1.29, 1.82) is 0 Å². The number of ether oxygens (including phenoxy) is 1. The highest BCUT2D eigenvalue weighted by Gasteiger charge is 2.23. The second-order valence-corrected chi connectivity index (χ2v) is 5.92. The second kappa shape index (κ2) is 9.43. The zero-order chi connectivity index (χ0) is 19.8. The van der Waals surface area contributed by atoms with Crippen LogP contribution in [0.15, 0.2) is 60.7 Å². The van der Waals surface area contributed by atoms with E-state index in [9.17, 15) is 18.8 Å². The van der Waals surface area contributed by atoms with Crippen molar-refractivity contribution in [1.82, 2.24) is 5.32 Å². The first kappa shape index (κ1) is 20.0. The number of carbonyl (C=O) groups is 3. The summed E-state index contributed by atoms with van der Waals surface area (Å²) in [6, 6.07) is 13.3. The molecule has 0 fully saturated rings. The molecule has 0 bridgehead atoms. The first-order chi connectivity index (χ1) is 12.9. The fourth-order valence-electron chi connectivity index (χ4n) is 2.24. The number of ketones is 1. The van der Waals surface area contributed by atoms with Crippen LogP contribution in [0.5, 0.6) is 0 Å². The van der Waals surface area contributed by atoms with Crippen molar-refractivity contribution in [2.75, 3.05) is 0 Å². The Bertz CT molecular complexity index is 831. The number of nitrogens with one attached hydrogen (secondary N) is 1. The van der Waals surface area contributed by atoms with E-state index in [4.69, 9.17) is 4.74 Å². The Morgan fingerprint density at radius 3 is 2.26 bits per heavy atom. The van der Waals surface area contributed by atoms with Gasteiger partial charge in [0.1, 0.15) is 11.9 Å². The molecule has 27 heavy (non-hydrogen) atoms. The Labute approximate surface area is 156 Å². The van der Waals surface area contributed by atoms with Gasteiger partial charge in [-0.1, -0.05) is 30.3 Å². The van der Waals surface area contributed by atoms with Crippen molar-refractivity contribution in [3.63, 3.8) is 0 Å². The van der Waals surface area contributed by atoms with E-state index < -0.39 is 35.6 Å². The summed E-state index contributed by atoms with van der Waals surface area (Å²) in [4.78, 5) is 36.2. The monoisotopic (exact) mass is 369 g/mol. The first-order valence-corrected chi connectivity index (χ1v) is 8.40. The van der Waals surface area contributed by atoms with Gasteiger partial charge in [0, 0.05) is 11.6 Å². The molecule has 0 aliphatic rings. The van der Waals surface area contributed by atoms with Crippen LogP contribution in [0.1, 0.15) is 29.8 Å². The van der Waals surface area contributed by atoms with Gasteiger partial charge in [-0.3, -0.25) is 9.59 Å². The number of benzene rings is 2. The number of carbonyl (C=O) groups excluding carboxylic acids is 3. The van der Waals surface area contributed by atoms with Gasteiger partial charge in [-0.2, -0.15) is 0 Å². The minimum absolute atomic E-state index is 0.235. The molecule has 5 nitrogen and oxygen atoms in total. The molecule has 0 heterocycles. The van der Waals surface area contributed by atoms with E-state index in [1.165, 1.54) is 32.1 Å². The molecule has 0 saturated heterocycles. The van der Waals surface area contributed by atoms with Crippen LogP contribution in [0.25, 0.3) is 6.08 Å². The standard InChI is InChI=1S/C21H20FNO4/c1-14(23-19(24)13-8-16-6-4-3-5-7-16)21(26)27-15(2)20(25)17-9-11-18(22)12-10-17/h3-15H,1-2H3,(H,23,24)/b13-8+/t14-,15-/m0/s1. The van der Waals surface area contributed by atoms with Gasteiger partial charge in [0.25, 0.3) is 0 Å². The maximum Gasteiger partial charge on any atom is 0.329 e. The molecule has 0 spiro atoms. The number of halogens is 1. The maximum absolute atomic E-state index is 12.9.